The summed E-state index contributed by atoms with van der Waals surface area (Å²) in [4.78, 5) is 0. The minimum Gasteiger partial charge on any atom is -0.268 e. The van der Waals surface area contributed by atoms with Crippen LogP contribution in [0.15, 0.2) is 0 Å². The van der Waals surface area contributed by atoms with Crippen molar-refractivity contribution in [3.63, 3.8) is 0 Å². The fraction of sp³-hybridized carbons (Fsp3) is 0.667. The first-order chi connectivity index (χ1) is 2.94. The van der Waals surface area contributed by atoms with Crippen molar-refractivity contribution in [3.8, 4) is 0 Å². The van der Waals surface area contributed by atoms with E-state index < -0.39 is 12.3 Å². The average molecular weight is 122 g/mol. The fourth-order valence-electron chi connectivity index (χ4n) is 0. The van der Waals surface area contributed by atoms with Crippen LogP contribution in [0.3, 0.4) is 0 Å². The number of rotatable bonds is 1. The van der Waals surface area contributed by atoms with E-state index in [2.05, 4.69) is 0 Å². The van der Waals surface area contributed by atoms with Crippen LogP contribution in [0.1, 0.15) is 0 Å². The van der Waals surface area contributed by atoms with Gasteiger partial charge in [0.15, 0.2) is 5.92 Å². The van der Waals surface area contributed by atoms with Gasteiger partial charge in [-0.3, -0.25) is 6.92 Å². The van der Waals surface area contributed by atoms with E-state index >= 15 is 0 Å². The molecule has 0 heterocycles. The third kappa shape index (κ3) is 4.48. The van der Waals surface area contributed by atoms with E-state index in [1.807, 2.05) is 6.92 Å². The Morgan fingerprint density at radius 3 is 1.38 bits per heavy atom. The van der Waals surface area contributed by atoms with Crippen molar-refractivity contribution in [1.82, 2.24) is 0 Å². The molecule has 0 aliphatic heterocycles. The zero-order valence-electron chi connectivity index (χ0n) is 4.30. The summed E-state index contributed by atoms with van der Waals surface area (Å²) < 4.78 is 43.4. The quantitative estimate of drug-likeness (QED) is 0.231. The molecule has 0 aromatic carbocycles. The second-order valence-corrected chi connectivity index (χ2v) is 1.06. The molecule has 0 aliphatic carbocycles. The summed E-state index contributed by atoms with van der Waals surface area (Å²) in [5, 5.41) is 0. The molecule has 0 radical (unpaired) electrons. The van der Waals surface area contributed by atoms with Gasteiger partial charge in [-0.25, -0.2) is 17.6 Å². The summed E-state index contributed by atoms with van der Waals surface area (Å²) >= 11 is 0. The third-order valence-electron chi connectivity index (χ3n) is 0.319. The van der Waals surface area contributed by atoms with Gasteiger partial charge in [-0.15, -0.1) is 0 Å². The Hall–Kier alpha value is 0.317. The standard InChI is InChI=1S/C3H3F4.Li/c1-3(6,7)2(4)5;/h2H,1H2;/q-1;+1. The molecule has 0 bridgehead atoms. The van der Waals surface area contributed by atoms with Crippen LogP contribution in [0.4, 0.5) is 17.6 Å². The molecule has 0 N–H and O–H groups in total. The van der Waals surface area contributed by atoms with Crippen LogP contribution in [0.25, 0.3) is 0 Å². The van der Waals surface area contributed by atoms with Crippen LogP contribution in [0.2, 0.25) is 0 Å². The Balaban J connectivity index is 0. The largest absolute Gasteiger partial charge is 1.00 e. The van der Waals surface area contributed by atoms with Gasteiger partial charge in [0.1, 0.15) is 0 Å². The maximum atomic E-state index is 11.0. The summed E-state index contributed by atoms with van der Waals surface area (Å²) in [6.07, 6.45) is -3.65. The minimum atomic E-state index is -4.08. The molecule has 0 aromatic heterocycles. The first-order valence-corrected chi connectivity index (χ1v) is 1.46. The van der Waals surface area contributed by atoms with Crippen molar-refractivity contribution in [2.75, 3.05) is 0 Å². The van der Waals surface area contributed by atoms with Crippen molar-refractivity contribution in [2.24, 2.45) is 0 Å². The normalized spacial score (nSPS) is 11.2. The average Bonchev–Trinajstić information content (AvgIpc) is 1.31. The molecule has 0 saturated heterocycles. The molecule has 0 nitrogen and oxygen atoms in total. The van der Waals surface area contributed by atoms with Crippen LogP contribution in [-0.4, -0.2) is 12.3 Å². The Morgan fingerprint density at radius 2 is 1.38 bits per heavy atom. The molecule has 0 saturated carbocycles. The third-order valence-corrected chi connectivity index (χ3v) is 0.319. The molecule has 44 valence electrons. The van der Waals surface area contributed by atoms with Gasteiger partial charge in [0.2, 0.25) is 0 Å². The summed E-state index contributed by atoms with van der Waals surface area (Å²) in [7, 11) is 0. The predicted molar refractivity (Wildman–Crippen MR) is 16.3 cm³/mol. The van der Waals surface area contributed by atoms with Gasteiger partial charge in [-0.2, -0.15) is 0 Å². The van der Waals surface area contributed by atoms with Crippen molar-refractivity contribution in [2.45, 2.75) is 12.3 Å². The summed E-state index contributed by atoms with van der Waals surface area (Å²) in [5.41, 5.74) is 0. The van der Waals surface area contributed by atoms with Crippen molar-refractivity contribution in [3.05, 3.63) is 6.92 Å². The van der Waals surface area contributed by atoms with Crippen molar-refractivity contribution in [1.29, 1.82) is 0 Å². The second-order valence-electron chi connectivity index (χ2n) is 1.06. The molecule has 0 amide bonds. The molecule has 0 unspecified atom stereocenters. The molecule has 0 aromatic rings. The SMILES string of the molecule is [CH2-]C(F)(F)C(F)F.[Li+]. The van der Waals surface area contributed by atoms with E-state index in [4.69, 9.17) is 0 Å². The zero-order chi connectivity index (χ0) is 6.08. The monoisotopic (exact) mass is 122 g/mol. The maximum Gasteiger partial charge on any atom is 1.00 e. The van der Waals surface area contributed by atoms with E-state index in [-0.39, 0.29) is 18.9 Å². The summed E-state index contributed by atoms with van der Waals surface area (Å²) in [6, 6.07) is 0. The van der Waals surface area contributed by atoms with Gasteiger partial charge >= 0.3 is 18.9 Å². The topological polar surface area (TPSA) is 0 Å². The molecule has 0 spiro atoms. The molecule has 0 atom stereocenters. The van der Waals surface area contributed by atoms with Gasteiger partial charge < -0.3 is 0 Å². The zero-order valence-corrected chi connectivity index (χ0v) is 4.30. The Kier molecular flexibility index (Phi) is 4.69. The van der Waals surface area contributed by atoms with Crippen LogP contribution in [-0.2, 0) is 0 Å². The number of hydrogen-bond donors (Lipinski definition) is 0. The Bertz CT molecular complexity index is 56.8. The molecule has 0 rings (SSSR count). The summed E-state index contributed by atoms with van der Waals surface area (Å²) in [5.74, 6) is -4.08. The first kappa shape index (κ1) is 11.2. The maximum absolute atomic E-state index is 11.0. The number of hydrogen-bond acceptors (Lipinski definition) is 0. The van der Waals surface area contributed by atoms with E-state index in [1.54, 1.807) is 0 Å². The fourth-order valence-corrected chi connectivity index (χ4v) is 0. The number of halogens is 4. The van der Waals surface area contributed by atoms with Gasteiger partial charge in [0.25, 0.3) is 6.43 Å². The van der Waals surface area contributed by atoms with Crippen LogP contribution in [0.5, 0.6) is 0 Å². The van der Waals surface area contributed by atoms with Crippen molar-refractivity contribution < 1.29 is 36.4 Å². The molecule has 0 aliphatic rings. The van der Waals surface area contributed by atoms with Gasteiger partial charge in [0, 0.05) is 0 Å². The van der Waals surface area contributed by atoms with Gasteiger partial charge in [-0.05, 0) is 0 Å². The van der Waals surface area contributed by atoms with Gasteiger partial charge in [-0.1, -0.05) is 0 Å². The Labute approximate surface area is 56.4 Å². The minimum absolute atomic E-state index is 0. The molecule has 5 heteroatoms. The molecular formula is C3H3F4Li. The van der Waals surface area contributed by atoms with E-state index in [9.17, 15) is 17.6 Å². The predicted octanol–water partition coefficient (Wildman–Crippen LogP) is -1.28. The van der Waals surface area contributed by atoms with Crippen LogP contribution >= 0.6 is 0 Å². The second kappa shape index (κ2) is 3.36. The van der Waals surface area contributed by atoms with Crippen LogP contribution in [0, 0.1) is 6.92 Å². The summed E-state index contributed by atoms with van der Waals surface area (Å²) in [6.45, 7) is 1.89. The smallest absolute Gasteiger partial charge is 0.268 e. The van der Waals surface area contributed by atoms with E-state index in [1.165, 1.54) is 0 Å². The van der Waals surface area contributed by atoms with Crippen LogP contribution < -0.4 is 18.9 Å². The van der Waals surface area contributed by atoms with Gasteiger partial charge in [0.05, 0.1) is 0 Å². The molecular weight excluding hydrogens is 119 g/mol. The Morgan fingerprint density at radius 1 is 1.25 bits per heavy atom. The van der Waals surface area contributed by atoms with Crippen molar-refractivity contribution >= 4 is 0 Å². The number of alkyl halides is 4. The van der Waals surface area contributed by atoms with E-state index in [0.29, 0.717) is 0 Å². The molecule has 0 fully saturated rings. The first-order valence-electron chi connectivity index (χ1n) is 1.46. The molecule has 8 heavy (non-hydrogen) atoms. The van der Waals surface area contributed by atoms with E-state index in [0.717, 1.165) is 0 Å².